The van der Waals surface area contributed by atoms with Crippen molar-refractivity contribution in [3.63, 3.8) is 0 Å². The second-order valence-electron chi connectivity index (χ2n) is 17.4. The van der Waals surface area contributed by atoms with Crippen molar-refractivity contribution in [2.45, 2.75) is 12.4 Å². The zero-order valence-corrected chi connectivity index (χ0v) is 38.2. The highest BCUT2D eigenvalue weighted by Crippen LogP contribution is 2.47. The van der Waals surface area contributed by atoms with Crippen molar-refractivity contribution < 1.29 is 26.3 Å². The van der Waals surface area contributed by atoms with Gasteiger partial charge in [-0.15, -0.1) is 0 Å². The van der Waals surface area contributed by atoms with Crippen LogP contribution in [0.25, 0.3) is 106 Å². The van der Waals surface area contributed by atoms with Crippen LogP contribution in [0.2, 0.25) is 0 Å². The molecule has 0 atom stereocenters. The molecule has 11 heteroatoms. The van der Waals surface area contributed by atoms with E-state index in [2.05, 4.69) is 12.1 Å². The number of hydrogen-bond acceptors (Lipinski definition) is 4. The van der Waals surface area contributed by atoms with Crippen molar-refractivity contribution in [1.82, 2.24) is 14.5 Å². The molecule has 0 amide bonds. The molecule has 2 aromatic heterocycles. The Kier molecular flexibility index (Phi) is 11.5. The van der Waals surface area contributed by atoms with Crippen molar-refractivity contribution in [2.24, 2.45) is 0 Å². The van der Waals surface area contributed by atoms with Gasteiger partial charge in [0.2, 0.25) is 0 Å². The first-order valence-electron chi connectivity index (χ1n) is 23.0. The quantitative estimate of drug-likeness (QED) is 0.142. The number of nitrogens with zero attached hydrogens (tertiary/aromatic N) is 5. The molecular formula is C62H35F6N5. The van der Waals surface area contributed by atoms with E-state index in [0.717, 1.165) is 57.3 Å². The minimum absolute atomic E-state index is 0.382. The van der Waals surface area contributed by atoms with E-state index in [4.69, 9.17) is 9.97 Å². The van der Waals surface area contributed by atoms with Crippen LogP contribution in [-0.4, -0.2) is 14.5 Å². The number of hydrogen-bond donors (Lipinski definition) is 0. The molecule has 0 aliphatic heterocycles. The summed E-state index contributed by atoms with van der Waals surface area (Å²) >= 11 is 0. The van der Waals surface area contributed by atoms with Crippen LogP contribution in [0.3, 0.4) is 0 Å². The summed E-state index contributed by atoms with van der Waals surface area (Å²) in [6.07, 6.45) is -9.29. The molecule has 11 aromatic rings. The molecule has 0 unspecified atom stereocenters. The summed E-state index contributed by atoms with van der Waals surface area (Å²) in [6.45, 7) is 0. The molecule has 0 aliphatic carbocycles. The molecule has 0 spiro atoms. The second-order valence-corrected chi connectivity index (χ2v) is 17.4. The normalized spacial score (nSPS) is 11.7. The molecular weight excluding hydrogens is 929 g/mol. The van der Waals surface area contributed by atoms with Crippen molar-refractivity contribution in [1.29, 1.82) is 10.5 Å². The fourth-order valence-electron chi connectivity index (χ4n) is 9.47. The van der Waals surface area contributed by atoms with Crippen LogP contribution >= 0.6 is 0 Å². The molecule has 5 nitrogen and oxygen atoms in total. The summed E-state index contributed by atoms with van der Waals surface area (Å²) in [5, 5.41) is 21.8. The van der Waals surface area contributed by atoms with Crippen LogP contribution in [0.1, 0.15) is 22.3 Å². The smallest absolute Gasteiger partial charge is 0.308 e. The first-order chi connectivity index (χ1) is 35.4. The number of nitriles is 2. The van der Waals surface area contributed by atoms with E-state index >= 15 is 0 Å². The average Bonchev–Trinajstić information content (AvgIpc) is 3.75. The van der Waals surface area contributed by atoms with Gasteiger partial charge in [0.25, 0.3) is 0 Å². The Morgan fingerprint density at radius 2 is 0.753 bits per heavy atom. The number of aromatic nitrogens is 3. The Labute approximate surface area is 414 Å². The van der Waals surface area contributed by atoms with Gasteiger partial charge in [0.15, 0.2) is 5.82 Å². The lowest BCUT2D eigenvalue weighted by Gasteiger charge is -2.22. The van der Waals surface area contributed by atoms with Gasteiger partial charge in [0.1, 0.15) is 0 Å². The summed E-state index contributed by atoms with van der Waals surface area (Å²) in [5.41, 5.74) is 8.50. The van der Waals surface area contributed by atoms with Crippen LogP contribution in [0, 0.1) is 22.7 Å². The van der Waals surface area contributed by atoms with E-state index in [-0.39, 0.29) is 0 Å². The molecule has 350 valence electrons. The van der Waals surface area contributed by atoms with E-state index in [1.165, 1.54) is 24.3 Å². The zero-order valence-electron chi connectivity index (χ0n) is 38.2. The fourth-order valence-corrected chi connectivity index (χ4v) is 9.47. The van der Waals surface area contributed by atoms with Crippen LogP contribution < -0.4 is 0 Å². The third-order valence-electron chi connectivity index (χ3n) is 13.0. The van der Waals surface area contributed by atoms with E-state index < -0.39 is 23.5 Å². The predicted molar refractivity (Wildman–Crippen MR) is 274 cm³/mol. The van der Waals surface area contributed by atoms with E-state index in [9.17, 15) is 36.9 Å². The van der Waals surface area contributed by atoms with Crippen LogP contribution in [-0.2, 0) is 12.4 Å². The summed E-state index contributed by atoms with van der Waals surface area (Å²) in [5.74, 6) is 0.401. The third kappa shape index (κ3) is 8.64. The minimum Gasteiger partial charge on any atom is -0.308 e. The molecule has 0 aliphatic rings. The number of rotatable bonds is 8. The van der Waals surface area contributed by atoms with Gasteiger partial charge in [-0.1, -0.05) is 133 Å². The first-order valence-corrected chi connectivity index (χ1v) is 23.0. The number of halogens is 6. The van der Waals surface area contributed by atoms with Gasteiger partial charge in [-0.25, -0.2) is 9.97 Å². The van der Waals surface area contributed by atoms with E-state index in [1.54, 1.807) is 24.3 Å². The highest BCUT2D eigenvalue weighted by Gasteiger charge is 2.32. The number of fused-ring (bicyclic) bond motifs is 3. The largest absolute Gasteiger partial charge is 0.416 e. The zero-order chi connectivity index (χ0) is 50.4. The predicted octanol–water partition coefficient (Wildman–Crippen LogP) is 17.0. The van der Waals surface area contributed by atoms with Gasteiger partial charge in [0, 0.05) is 38.6 Å². The Bertz CT molecular complexity index is 3750. The Morgan fingerprint density at radius 3 is 1.19 bits per heavy atom. The van der Waals surface area contributed by atoms with Crippen molar-refractivity contribution in [2.75, 3.05) is 0 Å². The molecule has 0 N–H and O–H groups in total. The minimum atomic E-state index is -4.65. The highest BCUT2D eigenvalue weighted by atomic mass is 19.4. The topological polar surface area (TPSA) is 78.3 Å². The Hall–Kier alpha value is -9.58. The second kappa shape index (κ2) is 18.3. The molecule has 0 radical (unpaired) electrons. The van der Waals surface area contributed by atoms with Crippen LogP contribution in [0.4, 0.5) is 26.3 Å². The lowest BCUT2D eigenvalue weighted by atomic mass is 9.90. The maximum atomic E-state index is 14.3. The monoisotopic (exact) mass is 963 g/mol. The SMILES string of the molecule is N#Cc1ccccc1-c1ccc2c(c1)c1cc(-c3ccccc3C#N)ccc1n2-c1c(-c2ccc(C(F)(F)F)cc2)cc(-c2cc(-c3ccccc3)nc(-c3ccccc3)n2)cc1-c1ccc(C(F)(F)F)cc1. The van der Waals surface area contributed by atoms with Gasteiger partial charge < -0.3 is 4.57 Å². The Morgan fingerprint density at radius 1 is 0.356 bits per heavy atom. The summed E-state index contributed by atoms with van der Waals surface area (Å²) in [4.78, 5) is 10.1. The van der Waals surface area contributed by atoms with Crippen LogP contribution in [0.15, 0.2) is 212 Å². The molecule has 9 aromatic carbocycles. The van der Waals surface area contributed by atoms with Gasteiger partial charge in [0.05, 0.1) is 62.5 Å². The number of benzene rings is 9. The molecule has 0 saturated heterocycles. The van der Waals surface area contributed by atoms with Gasteiger partial charge in [-0.05, 0) is 112 Å². The number of alkyl halides is 6. The lowest BCUT2D eigenvalue weighted by Crippen LogP contribution is -2.06. The molecule has 11 rings (SSSR count). The molecule has 0 bridgehead atoms. The molecule has 0 fully saturated rings. The van der Waals surface area contributed by atoms with Gasteiger partial charge >= 0.3 is 12.4 Å². The summed E-state index contributed by atoms with van der Waals surface area (Å²) < 4.78 is 87.7. The van der Waals surface area contributed by atoms with Gasteiger partial charge in [-0.2, -0.15) is 36.9 Å². The van der Waals surface area contributed by atoms with Crippen molar-refractivity contribution in [3.05, 3.63) is 235 Å². The highest BCUT2D eigenvalue weighted by molar-refractivity contribution is 6.13. The average molecular weight is 964 g/mol. The molecule has 73 heavy (non-hydrogen) atoms. The molecule has 2 heterocycles. The lowest BCUT2D eigenvalue weighted by molar-refractivity contribution is -0.138. The van der Waals surface area contributed by atoms with Gasteiger partial charge in [-0.3, -0.25) is 0 Å². The maximum Gasteiger partial charge on any atom is 0.416 e. The third-order valence-corrected chi connectivity index (χ3v) is 13.0. The van der Waals surface area contributed by atoms with E-state index in [0.29, 0.717) is 84.0 Å². The summed E-state index contributed by atoms with van der Waals surface area (Å²) in [6, 6.07) is 64.6. The van der Waals surface area contributed by atoms with Crippen molar-refractivity contribution in [3.8, 4) is 96.2 Å². The molecule has 0 saturated carbocycles. The Balaban J connectivity index is 1.28. The maximum absolute atomic E-state index is 14.3. The van der Waals surface area contributed by atoms with Crippen LogP contribution in [0.5, 0.6) is 0 Å². The fraction of sp³-hybridized carbons (Fsp3) is 0.0323. The first kappa shape index (κ1) is 45.8. The summed E-state index contributed by atoms with van der Waals surface area (Å²) in [7, 11) is 0. The van der Waals surface area contributed by atoms with E-state index in [1.807, 2.05) is 144 Å². The van der Waals surface area contributed by atoms with Crippen molar-refractivity contribution >= 4 is 21.8 Å². The standard InChI is InChI=1S/C62H35F6N5/c63-61(64,65)47-25-19-38(20-26-47)51-33-46(56-35-55(40-11-3-1-4-12-40)71-60(72-56)41-13-5-2-6-14-41)34-52(39-21-27-48(28-22-39)62(66,67)68)59(51)73-57-29-23-42(49-17-9-7-15-44(49)36-69)31-53(57)54-32-43(24-30-58(54)73)50-18-10-8-16-45(50)37-70/h1-35H.